The molecule has 0 atom stereocenters. The zero-order valence-electron chi connectivity index (χ0n) is 16.8. The van der Waals surface area contributed by atoms with Crippen molar-refractivity contribution in [2.45, 2.75) is 44.7 Å². The standard InChI is InChI=1S/C21H24N4O3S/c1-13-14(2)17(11-22)20(23-15(13)3)29-12-19(26)24-16-6-8-25(9-7-16)21(27)18-5-4-10-28-18/h4-5,10,16H,6-9,12H2,1-3H3,(H,24,26). The number of amides is 2. The first kappa shape index (κ1) is 20.9. The van der Waals surface area contributed by atoms with Crippen molar-refractivity contribution >= 4 is 23.6 Å². The number of furan rings is 1. The van der Waals surface area contributed by atoms with Crippen molar-refractivity contribution in [1.82, 2.24) is 15.2 Å². The first-order valence-corrected chi connectivity index (χ1v) is 10.5. The van der Waals surface area contributed by atoms with Crippen LogP contribution in [0.5, 0.6) is 0 Å². The van der Waals surface area contributed by atoms with E-state index in [9.17, 15) is 14.9 Å². The van der Waals surface area contributed by atoms with Gasteiger partial charge in [-0.25, -0.2) is 4.98 Å². The fraction of sp³-hybridized carbons (Fsp3) is 0.429. The zero-order valence-corrected chi connectivity index (χ0v) is 17.6. The van der Waals surface area contributed by atoms with Crippen molar-refractivity contribution in [3.63, 3.8) is 0 Å². The molecule has 1 aliphatic rings. The molecule has 0 unspecified atom stereocenters. The van der Waals surface area contributed by atoms with Crippen LogP contribution in [0.4, 0.5) is 0 Å². The van der Waals surface area contributed by atoms with Gasteiger partial charge in [0.05, 0.1) is 17.6 Å². The summed E-state index contributed by atoms with van der Waals surface area (Å²) in [5.41, 5.74) is 3.33. The Labute approximate surface area is 174 Å². The van der Waals surface area contributed by atoms with Gasteiger partial charge >= 0.3 is 0 Å². The molecule has 0 bridgehead atoms. The minimum absolute atomic E-state index is 0.0358. The third kappa shape index (κ3) is 4.80. The van der Waals surface area contributed by atoms with Crippen molar-refractivity contribution in [2.24, 2.45) is 0 Å². The van der Waals surface area contributed by atoms with E-state index in [1.54, 1.807) is 17.0 Å². The molecule has 2 aromatic heterocycles. The number of pyridine rings is 1. The Kier molecular flexibility index (Phi) is 6.60. The van der Waals surface area contributed by atoms with E-state index in [-0.39, 0.29) is 23.6 Å². The summed E-state index contributed by atoms with van der Waals surface area (Å²) in [4.78, 5) is 30.9. The summed E-state index contributed by atoms with van der Waals surface area (Å²) < 4.78 is 5.16. The Morgan fingerprint density at radius 1 is 1.31 bits per heavy atom. The third-order valence-corrected chi connectivity index (χ3v) is 6.27. The number of aryl methyl sites for hydroxylation is 1. The number of thioether (sulfide) groups is 1. The maximum atomic E-state index is 12.4. The fourth-order valence-corrected chi connectivity index (χ4v) is 4.23. The highest BCUT2D eigenvalue weighted by Crippen LogP contribution is 2.26. The Balaban J connectivity index is 1.50. The molecule has 152 valence electrons. The maximum Gasteiger partial charge on any atom is 0.289 e. The maximum absolute atomic E-state index is 12.4. The number of nitrogens with one attached hydrogen (secondary N) is 1. The van der Waals surface area contributed by atoms with Gasteiger partial charge in [0, 0.05) is 24.8 Å². The average molecular weight is 413 g/mol. The number of carbonyl (C=O) groups is 2. The number of nitrogens with zero attached hydrogens (tertiary/aromatic N) is 3. The van der Waals surface area contributed by atoms with Crippen LogP contribution < -0.4 is 5.32 Å². The van der Waals surface area contributed by atoms with Gasteiger partial charge in [0.25, 0.3) is 5.91 Å². The highest BCUT2D eigenvalue weighted by molar-refractivity contribution is 8.00. The number of piperidine rings is 1. The lowest BCUT2D eigenvalue weighted by Crippen LogP contribution is -2.46. The summed E-state index contributed by atoms with van der Waals surface area (Å²) in [5, 5.41) is 13.1. The molecule has 0 saturated carbocycles. The van der Waals surface area contributed by atoms with Gasteiger partial charge in [-0.1, -0.05) is 11.8 Å². The van der Waals surface area contributed by atoms with Crippen molar-refractivity contribution in [3.05, 3.63) is 46.5 Å². The van der Waals surface area contributed by atoms with Gasteiger partial charge in [-0.3, -0.25) is 9.59 Å². The lowest BCUT2D eigenvalue weighted by molar-refractivity contribution is -0.119. The van der Waals surface area contributed by atoms with Crippen LogP contribution in [0.3, 0.4) is 0 Å². The smallest absolute Gasteiger partial charge is 0.289 e. The minimum atomic E-state index is -0.115. The quantitative estimate of drug-likeness (QED) is 0.758. The topological polar surface area (TPSA) is 99.2 Å². The second-order valence-electron chi connectivity index (χ2n) is 7.14. The van der Waals surface area contributed by atoms with Crippen LogP contribution in [0, 0.1) is 32.1 Å². The first-order valence-electron chi connectivity index (χ1n) is 9.53. The summed E-state index contributed by atoms with van der Waals surface area (Å²) in [6.45, 7) is 6.92. The number of hydrogen-bond acceptors (Lipinski definition) is 6. The number of nitriles is 1. The summed E-state index contributed by atoms with van der Waals surface area (Å²) >= 11 is 1.29. The number of likely N-dealkylation sites (tertiary alicyclic amines) is 1. The van der Waals surface area contributed by atoms with E-state index in [0.717, 1.165) is 16.8 Å². The van der Waals surface area contributed by atoms with Crippen LogP contribution in [-0.4, -0.2) is 46.6 Å². The molecule has 29 heavy (non-hydrogen) atoms. The van der Waals surface area contributed by atoms with E-state index in [2.05, 4.69) is 16.4 Å². The lowest BCUT2D eigenvalue weighted by Gasteiger charge is -2.31. The molecule has 8 heteroatoms. The van der Waals surface area contributed by atoms with Gasteiger partial charge in [-0.05, 0) is 56.9 Å². The van der Waals surface area contributed by atoms with Crippen molar-refractivity contribution in [1.29, 1.82) is 5.26 Å². The van der Waals surface area contributed by atoms with Crippen LogP contribution in [0.1, 0.15) is 45.8 Å². The highest BCUT2D eigenvalue weighted by atomic mass is 32.2. The normalized spacial score (nSPS) is 14.5. The van der Waals surface area contributed by atoms with Crippen LogP contribution in [0.25, 0.3) is 0 Å². The molecule has 3 rings (SSSR count). The molecule has 0 aliphatic carbocycles. The van der Waals surface area contributed by atoms with E-state index in [1.165, 1.54) is 18.0 Å². The Morgan fingerprint density at radius 3 is 2.66 bits per heavy atom. The molecule has 1 fully saturated rings. The van der Waals surface area contributed by atoms with Gasteiger partial charge in [0.1, 0.15) is 11.1 Å². The molecule has 1 aliphatic heterocycles. The van der Waals surface area contributed by atoms with E-state index in [1.807, 2.05) is 20.8 Å². The second kappa shape index (κ2) is 9.14. The SMILES string of the molecule is Cc1nc(SCC(=O)NC2CCN(C(=O)c3ccco3)CC2)c(C#N)c(C)c1C. The molecule has 2 amide bonds. The van der Waals surface area contributed by atoms with E-state index in [4.69, 9.17) is 4.42 Å². The number of rotatable bonds is 5. The summed E-state index contributed by atoms with van der Waals surface area (Å²) in [5.74, 6) is 0.339. The molecule has 7 nitrogen and oxygen atoms in total. The molecule has 0 radical (unpaired) electrons. The van der Waals surface area contributed by atoms with E-state index >= 15 is 0 Å². The summed E-state index contributed by atoms with van der Waals surface area (Å²) in [6.07, 6.45) is 2.89. The molecule has 2 aromatic rings. The van der Waals surface area contributed by atoms with Crippen molar-refractivity contribution in [2.75, 3.05) is 18.8 Å². The molecular weight excluding hydrogens is 388 g/mol. The molecular formula is C21H24N4O3S. The number of aromatic nitrogens is 1. The van der Waals surface area contributed by atoms with Gasteiger partial charge in [0.15, 0.2) is 5.76 Å². The highest BCUT2D eigenvalue weighted by Gasteiger charge is 2.26. The lowest BCUT2D eigenvalue weighted by atomic mass is 10.0. The van der Waals surface area contributed by atoms with E-state index in [0.29, 0.717) is 42.3 Å². The summed E-state index contributed by atoms with van der Waals surface area (Å²) in [7, 11) is 0. The number of carbonyl (C=O) groups excluding carboxylic acids is 2. The van der Waals surface area contributed by atoms with Gasteiger partial charge < -0.3 is 14.6 Å². The zero-order chi connectivity index (χ0) is 21.0. The Bertz CT molecular complexity index is 942. The minimum Gasteiger partial charge on any atom is -0.459 e. The third-order valence-electron chi connectivity index (χ3n) is 5.29. The molecule has 1 saturated heterocycles. The summed E-state index contributed by atoms with van der Waals surface area (Å²) in [6, 6.07) is 5.59. The first-order chi connectivity index (χ1) is 13.9. The molecule has 0 aromatic carbocycles. The Hall–Kier alpha value is -2.79. The van der Waals surface area contributed by atoms with Crippen molar-refractivity contribution < 1.29 is 14.0 Å². The second-order valence-corrected chi connectivity index (χ2v) is 8.10. The molecule has 0 spiro atoms. The molecule has 3 heterocycles. The van der Waals surface area contributed by atoms with Crippen LogP contribution in [0.15, 0.2) is 27.8 Å². The predicted octanol–water partition coefficient (Wildman–Crippen LogP) is 2.98. The van der Waals surface area contributed by atoms with Gasteiger partial charge in [-0.2, -0.15) is 5.26 Å². The predicted molar refractivity (Wildman–Crippen MR) is 110 cm³/mol. The van der Waals surface area contributed by atoms with Crippen molar-refractivity contribution in [3.8, 4) is 6.07 Å². The molecule has 1 N–H and O–H groups in total. The number of hydrogen-bond donors (Lipinski definition) is 1. The fourth-order valence-electron chi connectivity index (χ4n) is 3.33. The monoisotopic (exact) mass is 412 g/mol. The average Bonchev–Trinajstić information content (AvgIpc) is 3.25. The Morgan fingerprint density at radius 2 is 2.03 bits per heavy atom. The van der Waals surface area contributed by atoms with E-state index < -0.39 is 0 Å². The van der Waals surface area contributed by atoms with Gasteiger partial charge in [0.2, 0.25) is 5.91 Å². The largest absolute Gasteiger partial charge is 0.459 e. The van der Waals surface area contributed by atoms with Crippen LogP contribution >= 0.6 is 11.8 Å². The van der Waals surface area contributed by atoms with Crippen LogP contribution in [0.2, 0.25) is 0 Å². The van der Waals surface area contributed by atoms with Gasteiger partial charge in [-0.15, -0.1) is 0 Å². The van der Waals surface area contributed by atoms with Crippen LogP contribution in [-0.2, 0) is 4.79 Å².